The molecule has 0 spiro atoms. The molecule has 0 N–H and O–H groups in total. The van der Waals surface area contributed by atoms with Gasteiger partial charge in [-0.3, -0.25) is 9.69 Å². The summed E-state index contributed by atoms with van der Waals surface area (Å²) >= 11 is 1.82. The zero-order valence-corrected chi connectivity index (χ0v) is 15.5. The van der Waals surface area contributed by atoms with E-state index in [-0.39, 0.29) is 24.0 Å². The molecule has 134 valence electrons. The summed E-state index contributed by atoms with van der Waals surface area (Å²) in [5, 5.41) is 2.14. The van der Waals surface area contributed by atoms with Crippen molar-refractivity contribution >= 4 is 17.2 Å². The van der Waals surface area contributed by atoms with Crippen LogP contribution in [0.25, 0.3) is 0 Å². The third-order valence-electron chi connectivity index (χ3n) is 5.14. The molecule has 0 saturated carbocycles. The number of hydrogen-bond donors (Lipinski definition) is 0. The molecular weight excluding hydrogens is 324 g/mol. The fourth-order valence-electron chi connectivity index (χ4n) is 3.82. The SMILES string of the molecule is CN(C)C(=O)COC[C@@]12CCCO[C@@H]1CCN(Cc1cccs1)C2. The molecule has 0 unspecified atom stereocenters. The molecule has 1 aromatic rings. The smallest absolute Gasteiger partial charge is 0.248 e. The first kappa shape index (κ1) is 17.9. The van der Waals surface area contributed by atoms with Gasteiger partial charge < -0.3 is 14.4 Å². The van der Waals surface area contributed by atoms with E-state index in [2.05, 4.69) is 22.4 Å². The summed E-state index contributed by atoms with van der Waals surface area (Å²) in [7, 11) is 3.53. The van der Waals surface area contributed by atoms with Crippen LogP contribution in [-0.2, 0) is 20.8 Å². The van der Waals surface area contributed by atoms with Crippen LogP contribution in [-0.4, -0.2) is 68.8 Å². The van der Waals surface area contributed by atoms with Crippen LogP contribution in [0.2, 0.25) is 0 Å². The summed E-state index contributed by atoms with van der Waals surface area (Å²) in [6.45, 7) is 4.69. The number of fused-ring (bicyclic) bond motifs is 1. The van der Waals surface area contributed by atoms with Crippen LogP contribution in [0.5, 0.6) is 0 Å². The predicted octanol–water partition coefficient (Wildman–Crippen LogP) is 2.22. The Bertz CT molecular complexity index is 534. The summed E-state index contributed by atoms with van der Waals surface area (Å²) in [5.41, 5.74) is 0.0281. The normalized spacial score (nSPS) is 27.7. The van der Waals surface area contributed by atoms with Gasteiger partial charge in [0.25, 0.3) is 0 Å². The monoisotopic (exact) mass is 352 g/mol. The standard InChI is InChI=1S/C18H28N2O3S/c1-19(2)17(21)12-22-14-18-7-4-9-23-16(18)6-8-20(13-18)11-15-5-3-10-24-15/h3,5,10,16H,4,6-9,11-14H2,1-2H3/t16-,18+/m1/s1. The molecule has 0 bridgehead atoms. The maximum atomic E-state index is 11.8. The van der Waals surface area contributed by atoms with Crippen molar-refractivity contribution in [2.45, 2.75) is 31.9 Å². The minimum Gasteiger partial charge on any atom is -0.377 e. The van der Waals surface area contributed by atoms with Crippen LogP contribution in [0.4, 0.5) is 0 Å². The lowest BCUT2D eigenvalue weighted by atomic mass is 9.73. The van der Waals surface area contributed by atoms with Gasteiger partial charge in [-0.05, 0) is 30.7 Å². The first-order valence-electron chi connectivity index (χ1n) is 8.73. The molecular formula is C18H28N2O3S. The van der Waals surface area contributed by atoms with Gasteiger partial charge in [-0.1, -0.05) is 6.07 Å². The second kappa shape index (κ2) is 7.95. The third-order valence-corrected chi connectivity index (χ3v) is 6.00. The molecule has 6 heteroatoms. The third kappa shape index (κ3) is 4.17. The highest BCUT2D eigenvalue weighted by Crippen LogP contribution is 2.41. The van der Waals surface area contributed by atoms with E-state index in [0.29, 0.717) is 6.61 Å². The Hall–Kier alpha value is -0.950. The number of likely N-dealkylation sites (tertiary alicyclic amines) is 1. The first-order valence-corrected chi connectivity index (χ1v) is 9.61. The quantitative estimate of drug-likeness (QED) is 0.787. The highest BCUT2D eigenvalue weighted by Gasteiger charge is 2.46. The van der Waals surface area contributed by atoms with E-state index < -0.39 is 0 Å². The Kier molecular flexibility index (Phi) is 5.92. The number of piperidine rings is 1. The average molecular weight is 352 g/mol. The Balaban J connectivity index is 1.62. The summed E-state index contributed by atoms with van der Waals surface area (Å²) in [6, 6.07) is 4.31. The van der Waals surface area contributed by atoms with Crippen molar-refractivity contribution in [3.63, 3.8) is 0 Å². The molecule has 5 nitrogen and oxygen atoms in total. The van der Waals surface area contributed by atoms with Gasteiger partial charge in [0.1, 0.15) is 6.61 Å². The van der Waals surface area contributed by atoms with Crippen LogP contribution >= 0.6 is 11.3 Å². The summed E-state index contributed by atoms with van der Waals surface area (Å²) in [6.07, 6.45) is 3.51. The van der Waals surface area contributed by atoms with E-state index >= 15 is 0 Å². The zero-order chi connectivity index (χ0) is 17.0. The van der Waals surface area contributed by atoms with Gasteiger partial charge >= 0.3 is 0 Å². The fourth-order valence-corrected chi connectivity index (χ4v) is 4.57. The molecule has 24 heavy (non-hydrogen) atoms. The van der Waals surface area contributed by atoms with Gasteiger partial charge in [-0.25, -0.2) is 0 Å². The Morgan fingerprint density at radius 3 is 3.17 bits per heavy atom. The van der Waals surface area contributed by atoms with Crippen molar-refractivity contribution in [3.8, 4) is 0 Å². The molecule has 1 aromatic heterocycles. The molecule has 2 aliphatic rings. The van der Waals surface area contributed by atoms with Crippen LogP contribution in [0.1, 0.15) is 24.1 Å². The van der Waals surface area contributed by atoms with E-state index in [1.165, 1.54) is 4.88 Å². The molecule has 1 amide bonds. The summed E-state index contributed by atoms with van der Waals surface area (Å²) in [5.74, 6) is 0.0194. The van der Waals surface area contributed by atoms with Crippen molar-refractivity contribution in [2.75, 3.05) is 47.0 Å². The maximum Gasteiger partial charge on any atom is 0.248 e. The number of rotatable bonds is 6. The molecule has 3 rings (SSSR count). The Morgan fingerprint density at radius 2 is 2.42 bits per heavy atom. The highest BCUT2D eigenvalue weighted by atomic mass is 32.1. The number of carbonyl (C=O) groups is 1. The molecule has 2 saturated heterocycles. The molecule has 3 heterocycles. The number of nitrogens with zero attached hydrogens (tertiary/aromatic N) is 2. The fraction of sp³-hybridized carbons (Fsp3) is 0.722. The molecule has 2 atom stereocenters. The lowest BCUT2D eigenvalue weighted by molar-refractivity contribution is -0.160. The van der Waals surface area contributed by atoms with Gasteiger partial charge in [0.05, 0.1) is 12.7 Å². The van der Waals surface area contributed by atoms with Crippen LogP contribution in [0.3, 0.4) is 0 Å². The minimum absolute atomic E-state index is 0.0194. The van der Waals surface area contributed by atoms with Gasteiger partial charge in [-0.15, -0.1) is 11.3 Å². The summed E-state index contributed by atoms with van der Waals surface area (Å²) in [4.78, 5) is 17.3. The van der Waals surface area contributed by atoms with Crippen molar-refractivity contribution < 1.29 is 14.3 Å². The molecule has 2 fully saturated rings. The molecule has 2 aliphatic heterocycles. The second-order valence-electron chi connectivity index (χ2n) is 7.19. The topological polar surface area (TPSA) is 42.0 Å². The van der Waals surface area contributed by atoms with E-state index in [9.17, 15) is 4.79 Å². The number of thiophene rings is 1. The van der Waals surface area contributed by atoms with Gasteiger partial charge in [0.2, 0.25) is 5.91 Å². The number of amides is 1. The molecule has 0 aromatic carbocycles. The number of carbonyl (C=O) groups excluding carboxylic acids is 1. The van der Waals surface area contributed by atoms with Crippen LogP contribution in [0, 0.1) is 5.41 Å². The van der Waals surface area contributed by atoms with Crippen molar-refractivity contribution in [1.82, 2.24) is 9.80 Å². The Labute approximate surface area is 148 Å². The minimum atomic E-state index is 0.0194. The first-order chi connectivity index (χ1) is 11.6. The molecule has 0 radical (unpaired) electrons. The number of likely N-dealkylation sites (N-methyl/N-ethyl adjacent to an activating group) is 1. The van der Waals surface area contributed by atoms with Crippen molar-refractivity contribution in [3.05, 3.63) is 22.4 Å². The van der Waals surface area contributed by atoms with Gasteiger partial charge in [-0.2, -0.15) is 0 Å². The van der Waals surface area contributed by atoms with Crippen molar-refractivity contribution in [2.24, 2.45) is 5.41 Å². The zero-order valence-electron chi connectivity index (χ0n) is 14.7. The predicted molar refractivity (Wildman–Crippen MR) is 95.1 cm³/mol. The van der Waals surface area contributed by atoms with Gasteiger partial charge in [0, 0.05) is 50.6 Å². The van der Waals surface area contributed by atoms with Crippen LogP contribution in [0.15, 0.2) is 17.5 Å². The summed E-state index contributed by atoms with van der Waals surface area (Å²) < 4.78 is 11.9. The Morgan fingerprint density at radius 1 is 1.54 bits per heavy atom. The average Bonchev–Trinajstić information content (AvgIpc) is 3.07. The van der Waals surface area contributed by atoms with E-state index in [1.807, 2.05) is 11.3 Å². The lowest BCUT2D eigenvalue weighted by Gasteiger charge is -2.50. The number of ether oxygens (including phenoxy) is 2. The second-order valence-corrected chi connectivity index (χ2v) is 8.22. The van der Waals surface area contributed by atoms with E-state index in [1.54, 1.807) is 19.0 Å². The maximum absolute atomic E-state index is 11.8. The highest BCUT2D eigenvalue weighted by molar-refractivity contribution is 7.09. The van der Waals surface area contributed by atoms with Gasteiger partial charge in [0.15, 0.2) is 0 Å². The lowest BCUT2D eigenvalue weighted by Crippen LogP contribution is -2.56. The molecule has 0 aliphatic carbocycles. The van der Waals surface area contributed by atoms with E-state index in [0.717, 1.165) is 45.5 Å². The largest absolute Gasteiger partial charge is 0.377 e. The van der Waals surface area contributed by atoms with Crippen LogP contribution < -0.4 is 0 Å². The van der Waals surface area contributed by atoms with Crippen molar-refractivity contribution in [1.29, 1.82) is 0 Å². The van der Waals surface area contributed by atoms with E-state index in [4.69, 9.17) is 9.47 Å². The number of hydrogen-bond acceptors (Lipinski definition) is 5.